The van der Waals surface area contributed by atoms with Crippen molar-refractivity contribution >= 4 is 17.2 Å². The summed E-state index contributed by atoms with van der Waals surface area (Å²) in [5.41, 5.74) is 0.240. The van der Waals surface area contributed by atoms with Crippen molar-refractivity contribution in [2.24, 2.45) is 0 Å². The van der Waals surface area contributed by atoms with Gasteiger partial charge < -0.3 is 14.8 Å². The van der Waals surface area contributed by atoms with Crippen molar-refractivity contribution < 1.29 is 18.7 Å². The van der Waals surface area contributed by atoms with E-state index in [1.807, 2.05) is 24.3 Å². The van der Waals surface area contributed by atoms with E-state index in [-0.39, 0.29) is 18.3 Å². The Kier molecular flexibility index (Phi) is 4.38. The monoisotopic (exact) mass is 371 g/mol. The number of carbonyl (C=O) groups excluding carboxylic acids is 1. The zero-order chi connectivity index (χ0) is 18.1. The molecule has 1 aromatic carbocycles. The van der Waals surface area contributed by atoms with Crippen LogP contribution in [0.5, 0.6) is 0 Å². The molecule has 2 heterocycles. The molecule has 1 aliphatic rings. The topological polar surface area (TPSA) is 62.5 Å². The van der Waals surface area contributed by atoms with E-state index >= 15 is 0 Å². The van der Waals surface area contributed by atoms with Crippen molar-refractivity contribution in [2.75, 3.05) is 6.54 Å². The lowest BCUT2D eigenvalue weighted by atomic mass is 9.95. The predicted octanol–water partition coefficient (Wildman–Crippen LogP) is 4.03. The highest BCUT2D eigenvalue weighted by Gasteiger charge is 2.51. The summed E-state index contributed by atoms with van der Waals surface area (Å²) in [6.07, 6.45) is 2.30. The number of carbonyl (C=O) groups is 1. The second kappa shape index (κ2) is 6.70. The number of aliphatic hydroxyl groups is 1. The maximum atomic E-state index is 13.1. The van der Waals surface area contributed by atoms with Gasteiger partial charge in [-0.25, -0.2) is 4.39 Å². The molecule has 3 aromatic rings. The molecule has 0 aliphatic heterocycles. The van der Waals surface area contributed by atoms with Crippen molar-refractivity contribution in [1.82, 2.24) is 5.32 Å². The first kappa shape index (κ1) is 17.0. The zero-order valence-corrected chi connectivity index (χ0v) is 14.8. The third-order valence-electron chi connectivity index (χ3n) is 4.76. The molecule has 1 saturated carbocycles. The molecule has 4 nitrogen and oxygen atoms in total. The Morgan fingerprint density at radius 3 is 2.65 bits per heavy atom. The molecule has 1 unspecified atom stereocenters. The average molecular weight is 371 g/mol. The van der Waals surface area contributed by atoms with E-state index in [1.54, 1.807) is 18.4 Å². The maximum Gasteiger partial charge on any atom is 0.230 e. The van der Waals surface area contributed by atoms with Gasteiger partial charge in [-0.3, -0.25) is 4.79 Å². The Morgan fingerprint density at radius 2 is 2.00 bits per heavy atom. The predicted molar refractivity (Wildman–Crippen MR) is 97.3 cm³/mol. The molecule has 0 radical (unpaired) electrons. The highest BCUT2D eigenvalue weighted by molar-refractivity contribution is 7.15. The van der Waals surface area contributed by atoms with Gasteiger partial charge in [-0.05, 0) is 54.8 Å². The standard InChI is InChI=1S/C20H18FNO3S/c21-14-5-3-13(4-6-14)20(9-10-20)19(24)22-12-15(23)17-7-8-18(26-17)16-2-1-11-25-16/h1-8,11,15,23H,9-10,12H2,(H,22,24). The second-order valence-corrected chi connectivity index (χ2v) is 7.61. The van der Waals surface area contributed by atoms with Crippen molar-refractivity contribution in [3.63, 3.8) is 0 Å². The first-order chi connectivity index (χ1) is 12.6. The minimum absolute atomic E-state index is 0.119. The van der Waals surface area contributed by atoms with Crippen molar-refractivity contribution in [3.8, 4) is 10.6 Å². The Hall–Kier alpha value is -2.44. The first-order valence-corrected chi connectivity index (χ1v) is 9.26. The fourth-order valence-electron chi connectivity index (χ4n) is 3.08. The van der Waals surface area contributed by atoms with Gasteiger partial charge in [0.25, 0.3) is 0 Å². The van der Waals surface area contributed by atoms with E-state index in [0.717, 1.165) is 33.9 Å². The molecule has 0 saturated heterocycles. The third-order valence-corrected chi connectivity index (χ3v) is 5.96. The molecule has 1 fully saturated rings. The van der Waals surface area contributed by atoms with Gasteiger partial charge in [0.2, 0.25) is 5.91 Å². The van der Waals surface area contributed by atoms with Crippen LogP contribution in [0.1, 0.15) is 29.4 Å². The molecule has 4 rings (SSSR count). The number of hydrogen-bond acceptors (Lipinski definition) is 4. The fourth-order valence-corrected chi connectivity index (χ4v) is 4.05. The minimum atomic E-state index is -0.781. The largest absolute Gasteiger partial charge is 0.464 e. The van der Waals surface area contributed by atoms with Crippen LogP contribution in [-0.4, -0.2) is 17.6 Å². The average Bonchev–Trinajstić information content (AvgIpc) is 3.07. The molecule has 6 heteroatoms. The second-order valence-electron chi connectivity index (χ2n) is 6.49. The number of furan rings is 1. The van der Waals surface area contributed by atoms with Gasteiger partial charge in [-0.1, -0.05) is 12.1 Å². The Balaban J connectivity index is 1.39. The molecular formula is C20H18FNO3S. The van der Waals surface area contributed by atoms with Crippen LogP contribution >= 0.6 is 11.3 Å². The highest BCUT2D eigenvalue weighted by atomic mass is 32.1. The van der Waals surface area contributed by atoms with E-state index < -0.39 is 11.5 Å². The molecule has 2 aromatic heterocycles. The molecule has 0 bridgehead atoms. The highest BCUT2D eigenvalue weighted by Crippen LogP contribution is 2.48. The Labute approximate surface area is 154 Å². The smallest absolute Gasteiger partial charge is 0.230 e. The number of hydrogen-bond donors (Lipinski definition) is 2. The van der Waals surface area contributed by atoms with Crippen LogP contribution in [0.3, 0.4) is 0 Å². The van der Waals surface area contributed by atoms with Gasteiger partial charge in [0.15, 0.2) is 0 Å². The van der Waals surface area contributed by atoms with E-state index in [0.29, 0.717) is 0 Å². The summed E-state index contributed by atoms with van der Waals surface area (Å²) in [4.78, 5) is 14.3. The maximum absolute atomic E-state index is 13.1. The van der Waals surface area contributed by atoms with Crippen LogP contribution in [0.4, 0.5) is 4.39 Å². The quantitative estimate of drug-likeness (QED) is 0.688. The van der Waals surface area contributed by atoms with Gasteiger partial charge in [-0.15, -0.1) is 11.3 Å². The summed E-state index contributed by atoms with van der Waals surface area (Å²) in [5, 5.41) is 13.2. The number of halogens is 1. The number of aliphatic hydroxyl groups excluding tert-OH is 1. The third kappa shape index (κ3) is 3.18. The van der Waals surface area contributed by atoms with Crippen LogP contribution in [-0.2, 0) is 10.2 Å². The van der Waals surface area contributed by atoms with E-state index in [2.05, 4.69) is 5.32 Å². The zero-order valence-electron chi connectivity index (χ0n) is 13.9. The molecule has 2 N–H and O–H groups in total. The van der Waals surface area contributed by atoms with Crippen LogP contribution in [0.25, 0.3) is 10.6 Å². The van der Waals surface area contributed by atoms with Crippen LogP contribution in [0, 0.1) is 5.82 Å². The molecule has 0 spiro atoms. The summed E-state index contributed by atoms with van der Waals surface area (Å²) in [5.74, 6) is 0.321. The molecule has 1 atom stereocenters. The number of nitrogens with one attached hydrogen (secondary N) is 1. The summed E-state index contributed by atoms with van der Waals surface area (Å²) in [7, 11) is 0. The first-order valence-electron chi connectivity index (χ1n) is 8.44. The van der Waals surface area contributed by atoms with Crippen molar-refractivity contribution in [1.29, 1.82) is 0 Å². The number of thiophene rings is 1. The van der Waals surface area contributed by atoms with Gasteiger partial charge in [-0.2, -0.15) is 0 Å². The Morgan fingerprint density at radius 1 is 1.23 bits per heavy atom. The summed E-state index contributed by atoms with van der Waals surface area (Å²) in [6.45, 7) is 0.139. The number of amides is 1. The SMILES string of the molecule is O=C(NCC(O)c1ccc(-c2ccco2)s1)C1(c2ccc(F)cc2)CC1. The minimum Gasteiger partial charge on any atom is -0.464 e. The van der Waals surface area contributed by atoms with Gasteiger partial charge in [0, 0.05) is 11.4 Å². The lowest BCUT2D eigenvalue weighted by Gasteiger charge is -2.17. The Bertz CT molecular complexity index is 898. The summed E-state index contributed by atoms with van der Waals surface area (Å²) >= 11 is 1.43. The molecule has 1 aliphatic carbocycles. The van der Waals surface area contributed by atoms with Crippen LogP contribution in [0.15, 0.2) is 59.2 Å². The summed E-state index contributed by atoms with van der Waals surface area (Å²) in [6, 6.07) is 13.5. The molecule has 1 amide bonds. The molecule has 26 heavy (non-hydrogen) atoms. The van der Waals surface area contributed by atoms with Gasteiger partial charge >= 0.3 is 0 Å². The molecule has 134 valence electrons. The fraction of sp³-hybridized carbons (Fsp3) is 0.250. The van der Waals surface area contributed by atoms with Gasteiger partial charge in [0.1, 0.15) is 17.7 Å². The lowest BCUT2D eigenvalue weighted by molar-refractivity contribution is -0.124. The van der Waals surface area contributed by atoms with E-state index in [4.69, 9.17) is 4.42 Å². The van der Waals surface area contributed by atoms with Crippen molar-refractivity contribution in [2.45, 2.75) is 24.4 Å². The van der Waals surface area contributed by atoms with Crippen LogP contribution < -0.4 is 5.32 Å². The van der Waals surface area contributed by atoms with Gasteiger partial charge in [0.05, 0.1) is 16.6 Å². The van der Waals surface area contributed by atoms with Crippen LogP contribution in [0.2, 0.25) is 0 Å². The molecular weight excluding hydrogens is 353 g/mol. The van der Waals surface area contributed by atoms with E-state index in [9.17, 15) is 14.3 Å². The lowest BCUT2D eigenvalue weighted by Crippen LogP contribution is -2.37. The van der Waals surface area contributed by atoms with E-state index in [1.165, 1.54) is 23.5 Å². The summed E-state index contributed by atoms with van der Waals surface area (Å²) < 4.78 is 18.5. The van der Waals surface area contributed by atoms with Crippen molar-refractivity contribution in [3.05, 3.63) is 71.1 Å². The normalized spacial score (nSPS) is 16.2. The number of benzene rings is 1. The number of rotatable bonds is 6.